The first-order valence-electron chi connectivity index (χ1n) is 5.78. The van der Waals surface area contributed by atoms with Crippen LogP contribution in [0.25, 0.3) is 0 Å². The number of aryl methyl sites for hydroxylation is 1. The Bertz CT molecular complexity index is 722. The Labute approximate surface area is 130 Å². The van der Waals surface area contributed by atoms with Crippen LogP contribution < -0.4 is 5.32 Å². The minimum atomic E-state index is -0.275. The number of amides is 1. The molecule has 0 radical (unpaired) electrons. The van der Waals surface area contributed by atoms with Crippen molar-refractivity contribution >= 4 is 39.1 Å². The number of rotatable bonds is 2. The van der Waals surface area contributed by atoms with Crippen LogP contribution in [0.15, 0.2) is 40.9 Å². The van der Waals surface area contributed by atoms with Crippen molar-refractivity contribution in [2.24, 2.45) is 0 Å². The standard InChI is InChI=1S/C15H10BrClN2O/c1-9-2-4-11(7-12(9)16)15(20)19-14-6-10(8-18)3-5-13(14)17/h2-7H,1H3,(H,19,20). The Morgan fingerprint density at radius 3 is 2.70 bits per heavy atom. The Morgan fingerprint density at radius 2 is 2.05 bits per heavy atom. The highest BCUT2D eigenvalue weighted by Gasteiger charge is 2.10. The van der Waals surface area contributed by atoms with Crippen molar-refractivity contribution < 1.29 is 4.79 Å². The summed E-state index contributed by atoms with van der Waals surface area (Å²) in [5.41, 5.74) is 2.43. The first-order chi connectivity index (χ1) is 9.51. The summed E-state index contributed by atoms with van der Waals surface area (Å²) < 4.78 is 0.863. The Balaban J connectivity index is 2.28. The lowest BCUT2D eigenvalue weighted by Gasteiger charge is -2.08. The van der Waals surface area contributed by atoms with Crippen LogP contribution in [0.4, 0.5) is 5.69 Å². The van der Waals surface area contributed by atoms with E-state index in [4.69, 9.17) is 16.9 Å². The first kappa shape index (κ1) is 14.6. The molecule has 5 heteroatoms. The molecule has 1 N–H and O–H groups in total. The predicted molar refractivity (Wildman–Crippen MR) is 83.0 cm³/mol. The summed E-state index contributed by atoms with van der Waals surface area (Å²) in [6.07, 6.45) is 0. The van der Waals surface area contributed by atoms with Gasteiger partial charge in [-0.15, -0.1) is 0 Å². The van der Waals surface area contributed by atoms with E-state index in [9.17, 15) is 4.79 Å². The van der Waals surface area contributed by atoms with Crippen LogP contribution in [0, 0.1) is 18.3 Å². The molecule has 0 aromatic heterocycles. The van der Waals surface area contributed by atoms with Crippen LogP contribution in [0.2, 0.25) is 5.02 Å². The maximum atomic E-state index is 12.2. The van der Waals surface area contributed by atoms with Crippen molar-refractivity contribution in [3.05, 3.63) is 62.6 Å². The molecule has 0 saturated carbocycles. The summed E-state index contributed by atoms with van der Waals surface area (Å²) >= 11 is 9.40. The molecule has 20 heavy (non-hydrogen) atoms. The third-order valence-electron chi connectivity index (χ3n) is 2.78. The molecule has 2 aromatic carbocycles. The van der Waals surface area contributed by atoms with Crippen LogP contribution in [-0.4, -0.2) is 5.91 Å². The number of benzene rings is 2. The topological polar surface area (TPSA) is 52.9 Å². The number of anilines is 1. The second-order valence-corrected chi connectivity index (χ2v) is 5.49. The molecular formula is C15H10BrClN2O. The second-order valence-electron chi connectivity index (χ2n) is 4.22. The molecule has 0 unspecified atom stereocenters. The molecule has 100 valence electrons. The van der Waals surface area contributed by atoms with Crippen LogP contribution in [-0.2, 0) is 0 Å². The fraction of sp³-hybridized carbons (Fsp3) is 0.0667. The molecular weight excluding hydrogens is 340 g/mol. The zero-order chi connectivity index (χ0) is 14.7. The van der Waals surface area contributed by atoms with Crippen molar-refractivity contribution in [1.29, 1.82) is 5.26 Å². The fourth-order valence-electron chi connectivity index (χ4n) is 1.62. The molecule has 2 aromatic rings. The third-order valence-corrected chi connectivity index (χ3v) is 3.96. The maximum absolute atomic E-state index is 12.2. The van der Waals surface area contributed by atoms with Crippen molar-refractivity contribution in [3.63, 3.8) is 0 Å². The lowest BCUT2D eigenvalue weighted by atomic mass is 10.1. The molecule has 0 aliphatic carbocycles. The van der Waals surface area contributed by atoms with E-state index in [2.05, 4.69) is 21.2 Å². The molecule has 0 aliphatic rings. The van der Waals surface area contributed by atoms with E-state index in [-0.39, 0.29) is 5.91 Å². The Morgan fingerprint density at radius 1 is 1.30 bits per heavy atom. The number of hydrogen-bond donors (Lipinski definition) is 1. The van der Waals surface area contributed by atoms with Gasteiger partial charge >= 0.3 is 0 Å². The number of nitrogens with one attached hydrogen (secondary N) is 1. The van der Waals surface area contributed by atoms with Gasteiger partial charge in [0.1, 0.15) is 0 Å². The van der Waals surface area contributed by atoms with Gasteiger partial charge < -0.3 is 5.32 Å². The summed E-state index contributed by atoms with van der Waals surface area (Å²) in [5, 5.41) is 12.0. The van der Waals surface area contributed by atoms with Gasteiger partial charge in [0.2, 0.25) is 0 Å². The number of nitrogens with zero attached hydrogens (tertiary/aromatic N) is 1. The van der Waals surface area contributed by atoms with E-state index >= 15 is 0 Å². The van der Waals surface area contributed by atoms with Crippen LogP contribution >= 0.6 is 27.5 Å². The maximum Gasteiger partial charge on any atom is 0.255 e. The monoisotopic (exact) mass is 348 g/mol. The van der Waals surface area contributed by atoms with Crippen LogP contribution in [0.1, 0.15) is 21.5 Å². The van der Waals surface area contributed by atoms with Crippen molar-refractivity contribution in [2.45, 2.75) is 6.92 Å². The summed E-state index contributed by atoms with van der Waals surface area (Å²) in [4.78, 5) is 12.2. The van der Waals surface area contributed by atoms with E-state index < -0.39 is 0 Å². The molecule has 0 bridgehead atoms. The quantitative estimate of drug-likeness (QED) is 0.865. The van der Waals surface area contributed by atoms with Gasteiger partial charge in [0.15, 0.2) is 0 Å². The zero-order valence-corrected chi connectivity index (χ0v) is 12.9. The summed E-state index contributed by atoms with van der Waals surface area (Å²) in [5.74, 6) is -0.275. The van der Waals surface area contributed by atoms with E-state index in [1.807, 2.05) is 19.1 Å². The molecule has 2 rings (SSSR count). The smallest absolute Gasteiger partial charge is 0.255 e. The van der Waals surface area contributed by atoms with Crippen molar-refractivity contribution in [1.82, 2.24) is 0 Å². The predicted octanol–water partition coefficient (Wildman–Crippen LogP) is 4.53. The number of carbonyl (C=O) groups is 1. The fourth-order valence-corrected chi connectivity index (χ4v) is 2.16. The minimum absolute atomic E-state index is 0.275. The average molecular weight is 350 g/mol. The van der Waals surface area contributed by atoms with E-state index in [1.54, 1.807) is 30.3 Å². The molecule has 0 atom stereocenters. The van der Waals surface area contributed by atoms with Gasteiger partial charge in [0.05, 0.1) is 22.3 Å². The minimum Gasteiger partial charge on any atom is -0.321 e. The molecule has 0 aliphatic heterocycles. The molecule has 0 saturated heterocycles. The van der Waals surface area contributed by atoms with Crippen LogP contribution in [0.5, 0.6) is 0 Å². The zero-order valence-electron chi connectivity index (χ0n) is 10.6. The number of hydrogen-bond acceptors (Lipinski definition) is 2. The van der Waals surface area contributed by atoms with Gasteiger partial charge in [-0.3, -0.25) is 4.79 Å². The van der Waals surface area contributed by atoms with Gasteiger partial charge in [-0.1, -0.05) is 33.6 Å². The number of halogens is 2. The highest BCUT2D eigenvalue weighted by molar-refractivity contribution is 9.10. The molecule has 1 amide bonds. The SMILES string of the molecule is Cc1ccc(C(=O)Nc2cc(C#N)ccc2Cl)cc1Br. The summed E-state index contributed by atoms with van der Waals surface area (Å²) in [6, 6.07) is 12.1. The van der Waals surface area contributed by atoms with Crippen molar-refractivity contribution in [3.8, 4) is 6.07 Å². The Hall–Kier alpha value is -1.83. The highest BCUT2D eigenvalue weighted by Crippen LogP contribution is 2.24. The lowest BCUT2D eigenvalue weighted by molar-refractivity contribution is 0.102. The van der Waals surface area contributed by atoms with Gasteiger partial charge in [-0.05, 0) is 42.8 Å². The van der Waals surface area contributed by atoms with Gasteiger partial charge in [0.25, 0.3) is 5.91 Å². The number of carbonyl (C=O) groups excluding carboxylic acids is 1. The highest BCUT2D eigenvalue weighted by atomic mass is 79.9. The lowest BCUT2D eigenvalue weighted by Crippen LogP contribution is -2.12. The largest absolute Gasteiger partial charge is 0.321 e. The van der Waals surface area contributed by atoms with E-state index in [1.165, 1.54) is 0 Å². The van der Waals surface area contributed by atoms with Crippen LogP contribution in [0.3, 0.4) is 0 Å². The van der Waals surface area contributed by atoms with Gasteiger partial charge in [-0.25, -0.2) is 0 Å². The average Bonchev–Trinajstić information content (AvgIpc) is 2.44. The molecule has 0 fully saturated rings. The first-order valence-corrected chi connectivity index (χ1v) is 6.95. The number of nitriles is 1. The summed E-state index contributed by atoms with van der Waals surface area (Å²) in [7, 11) is 0. The molecule has 3 nitrogen and oxygen atoms in total. The normalized spacial score (nSPS) is 9.90. The van der Waals surface area contributed by atoms with E-state index in [0.29, 0.717) is 21.8 Å². The van der Waals surface area contributed by atoms with Gasteiger partial charge in [-0.2, -0.15) is 5.26 Å². The van der Waals surface area contributed by atoms with E-state index in [0.717, 1.165) is 10.0 Å². The Kier molecular flexibility index (Phi) is 4.43. The molecule has 0 spiro atoms. The summed E-state index contributed by atoms with van der Waals surface area (Å²) in [6.45, 7) is 1.94. The van der Waals surface area contributed by atoms with Crippen molar-refractivity contribution in [2.75, 3.05) is 5.32 Å². The van der Waals surface area contributed by atoms with Gasteiger partial charge in [0, 0.05) is 10.0 Å². The third kappa shape index (κ3) is 3.19. The molecule has 0 heterocycles. The second kappa shape index (κ2) is 6.08.